The Bertz CT molecular complexity index is 658. The molecule has 1 atom stereocenters. The van der Waals surface area contributed by atoms with Crippen LogP contribution in [0.15, 0.2) is 29.2 Å². The van der Waals surface area contributed by atoms with Crippen LogP contribution in [0.2, 0.25) is 0 Å². The molecule has 0 bridgehead atoms. The van der Waals surface area contributed by atoms with Gasteiger partial charge in [0.2, 0.25) is 15.9 Å². The summed E-state index contributed by atoms with van der Waals surface area (Å²) in [7, 11) is -3.54. The molecule has 1 aliphatic rings. The summed E-state index contributed by atoms with van der Waals surface area (Å²) in [5.74, 6) is -0.360. The zero-order valence-corrected chi connectivity index (χ0v) is 15.8. The summed E-state index contributed by atoms with van der Waals surface area (Å²) >= 11 is 0. The molecule has 7 heteroatoms. The van der Waals surface area contributed by atoms with E-state index in [0.29, 0.717) is 32.7 Å². The number of carbonyl (C=O) groups is 1. The molecule has 0 radical (unpaired) electrons. The van der Waals surface area contributed by atoms with Crippen LogP contribution in [0.1, 0.15) is 31.7 Å². The number of rotatable bonds is 8. The fourth-order valence-corrected chi connectivity index (χ4v) is 4.43. The third-order valence-corrected chi connectivity index (χ3v) is 6.26. The van der Waals surface area contributed by atoms with Gasteiger partial charge in [0, 0.05) is 32.8 Å². The van der Waals surface area contributed by atoms with Crippen molar-refractivity contribution < 1.29 is 17.9 Å². The predicted octanol–water partition coefficient (Wildman–Crippen LogP) is 1.94. The minimum absolute atomic E-state index is 0.0692. The molecule has 2 rings (SSSR count). The summed E-state index contributed by atoms with van der Waals surface area (Å²) in [4.78, 5) is 12.6. The SMILES string of the molecule is CCOCCCNC(=O)[C@H]1CCCN(S(=O)(=O)c2ccc(C)cc2)C1. The van der Waals surface area contributed by atoms with Crippen LogP contribution in [-0.2, 0) is 19.6 Å². The summed E-state index contributed by atoms with van der Waals surface area (Å²) in [6, 6.07) is 6.84. The average molecular weight is 368 g/mol. The van der Waals surface area contributed by atoms with Gasteiger partial charge in [-0.05, 0) is 45.2 Å². The van der Waals surface area contributed by atoms with Crippen LogP contribution in [0.3, 0.4) is 0 Å². The van der Waals surface area contributed by atoms with Gasteiger partial charge in [-0.1, -0.05) is 17.7 Å². The van der Waals surface area contributed by atoms with Crippen molar-refractivity contribution in [1.29, 1.82) is 0 Å². The van der Waals surface area contributed by atoms with Gasteiger partial charge in [-0.2, -0.15) is 4.31 Å². The lowest BCUT2D eigenvalue weighted by Gasteiger charge is -2.31. The van der Waals surface area contributed by atoms with Crippen LogP contribution in [0.4, 0.5) is 0 Å². The maximum atomic E-state index is 12.8. The van der Waals surface area contributed by atoms with Gasteiger partial charge in [-0.25, -0.2) is 8.42 Å². The normalized spacial score (nSPS) is 18.9. The van der Waals surface area contributed by atoms with Crippen molar-refractivity contribution in [2.45, 2.75) is 38.0 Å². The molecule has 1 fully saturated rings. The number of piperidine rings is 1. The van der Waals surface area contributed by atoms with Crippen LogP contribution in [0.25, 0.3) is 0 Å². The highest BCUT2D eigenvalue weighted by Crippen LogP contribution is 2.24. The number of aryl methyl sites for hydroxylation is 1. The maximum absolute atomic E-state index is 12.8. The van der Waals surface area contributed by atoms with Crippen LogP contribution in [-0.4, -0.2) is 51.5 Å². The highest BCUT2D eigenvalue weighted by Gasteiger charge is 2.33. The first-order valence-electron chi connectivity index (χ1n) is 8.87. The zero-order chi connectivity index (χ0) is 18.3. The van der Waals surface area contributed by atoms with E-state index in [4.69, 9.17) is 4.74 Å². The number of amides is 1. The van der Waals surface area contributed by atoms with Crippen molar-refractivity contribution in [3.63, 3.8) is 0 Å². The second-order valence-electron chi connectivity index (χ2n) is 6.36. The van der Waals surface area contributed by atoms with Gasteiger partial charge in [-0.15, -0.1) is 0 Å². The van der Waals surface area contributed by atoms with Crippen LogP contribution in [0.5, 0.6) is 0 Å². The zero-order valence-electron chi connectivity index (χ0n) is 15.0. The Morgan fingerprint density at radius 1 is 1.32 bits per heavy atom. The summed E-state index contributed by atoms with van der Waals surface area (Å²) in [5, 5.41) is 2.89. The summed E-state index contributed by atoms with van der Waals surface area (Å²) < 4.78 is 32.2. The van der Waals surface area contributed by atoms with Gasteiger partial charge < -0.3 is 10.1 Å². The van der Waals surface area contributed by atoms with E-state index in [1.54, 1.807) is 24.3 Å². The molecule has 0 aromatic heterocycles. The standard InChI is InChI=1S/C18H28N2O4S/c1-3-24-13-5-11-19-18(21)16-6-4-12-20(14-16)25(22,23)17-9-7-15(2)8-10-17/h7-10,16H,3-6,11-14H2,1-2H3,(H,19,21)/t16-/m0/s1. The Balaban J connectivity index is 1.93. The number of nitrogens with zero attached hydrogens (tertiary/aromatic N) is 1. The molecular formula is C18H28N2O4S. The van der Waals surface area contributed by atoms with Crippen molar-refractivity contribution in [2.75, 3.05) is 32.8 Å². The lowest BCUT2D eigenvalue weighted by molar-refractivity contribution is -0.126. The minimum Gasteiger partial charge on any atom is -0.382 e. The molecule has 0 saturated carbocycles. The number of nitrogens with one attached hydrogen (secondary N) is 1. The molecule has 1 saturated heterocycles. The van der Waals surface area contributed by atoms with E-state index in [2.05, 4.69) is 5.32 Å². The van der Waals surface area contributed by atoms with Crippen molar-refractivity contribution >= 4 is 15.9 Å². The first kappa shape index (κ1) is 19.9. The second-order valence-corrected chi connectivity index (χ2v) is 8.29. The molecule has 6 nitrogen and oxygen atoms in total. The quantitative estimate of drug-likeness (QED) is 0.712. The molecule has 1 aliphatic heterocycles. The summed E-state index contributed by atoms with van der Waals surface area (Å²) in [6.07, 6.45) is 2.18. The van der Waals surface area contributed by atoms with E-state index in [1.807, 2.05) is 13.8 Å². The molecule has 1 aromatic rings. The first-order chi connectivity index (χ1) is 11.9. The number of ether oxygens (including phenoxy) is 1. The van der Waals surface area contributed by atoms with Gasteiger partial charge in [0.1, 0.15) is 0 Å². The Morgan fingerprint density at radius 2 is 2.04 bits per heavy atom. The molecule has 25 heavy (non-hydrogen) atoms. The Kier molecular flexibility index (Phi) is 7.40. The largest absolute Gasteiger partial charge is 0.382 e. The second kappa shape index (κ2) is 9.31. The molecule has 0 unspecified atom stereocenters. The van der Waals surface area contributed by atoms with Gasteiger partial charge in [0.25, 0.3) is 0 Å². The third kappa shape index (κ3) is 5.52. The molecular weight excluding hydrogens is 340 g/mol. The predicted molar refractivity (Wildman–Crippen MR) is 96.8 cm³/mol. The molecule has 1 aromatic carbocycles. The minimum atomic E-state index is -3.54. The monoisotopic (exact) mass is 368 g/mol. The van der Waals surface area contributed by atoms with Crippen molar-refractivity contribution in [3.8, 4) is 0 Å². The number of sulfonamides is 1. The van der Waals surface area contributed by atoms with Crippen LogP contribution >= 0.6 is 0 Å². The van der Waals surface area contributed by atoms with Crippen LogP contribution in [0, 0.1) is 12.8 Å². The van der Waals surface area contributed by atoms with E-state index < -0.39 is 10.0 Å². The maximum Gasteiger partial charge on any atom is 0.243 e. The summed E-state index contributed by atoms with van der Waals surface area (Å²) in [6.45, 7) is 6.41. The van der Waals surface area contributed by atoms with Crippen LogP contribution < -0.4 is 5.32 Å². The lowest BCUT2D eigenvalue weighted by atomic mass is 9.99. The van der Waals surface area contributed by atoms with E-state index >= 15 is 0 Å². The van der Waals surface area contributed by atoms with Crippen molar-refractivity contribution in [1.82, 2.24) is 9.62 Å². The third-order valence-electron chi connectivity index (χ3n) is 4.38. The lowest BCUT2D eigenvalue weighted by Crippen LogP contribution is -2.45. The van der Waals surface area contributed by atoms with E-state index in [0.717, 1.165) is 18.4 Å². The summed E-state index contributed by atoms with van der Waals surface area (Å²) in [5.41, 5.74) is 1.02. The molecule has 140 valence electrons. The van der Waals surface area contributed by atoms with Gasteiger partial charge in [0.05, 0.1) is 10.8 Å². The van der Waals surface area contributed by atoms with Crippen molar-refractivity contribution in [2.24, 2.45) is 5.92 Å². The topological polar surface area (TPSA) is 75.7 Å². The Morgan fingerprint density at radius 3 is 2.72 bits per heavy atom. The van der Waals surface area contributed by atoms with Crippen molar-refractivity contribution in [3.05, 3.63) is 29.8 Å². The number of benzene rings is 1. The van der Waals surface area contributed by atoms with E-state index in [1.165, 1.54) is 4.31 Å². The number of hydrogen-bond acceptors (Lipinski definition) is 4. The molecule has 0 aliphatic carbocycles. The average Bonchev–Trinajstić information content (AvgIpc) is 2.62. The molecule has 1 heterocycles. The smallest absolute Gasteiger partial charge is 0.243 e. The number of hydrogen-bond donors (Lipinski definition) is 1. The molecule has 0 spiro atoms. The Hall–Kier alpha value is -1.44. The molecule has 1 N–H and O–H groups in total. The molecule has 1 amide bonds. The Labute approximate surface area is 150 Å². The van der Waals surface area contributed by atoms with E-state index in [9.17, 15) is 13.2 Å². The first-order valence-corrected chi connectivity index (χ1v) is 10.3. The number of carbonyl (C=O) groups excluding carboxylic acids is 1. The highest BCUT2D eigenvalue weighted by atomic mass is 32.2. The van der Waals surface area contributed by atoms with Gasteiger partial charge in [0.15, 0.2) is 0 Å². The van der Waals surface area contributed by atoms with Gasteiger partial charge >= 0.3 is 0 Å². The van der Waals surface area contributed by atoms with Gasteiger partial charge in [-0.3, -0.25) is 4.79 Å². The fourth-order valence-electron chi connectivity index (χ4n) is 2.91. The highest BCUT2D eigenvalue weighted by molar-refractivity contribution is 7.89. The fraction of sp³-hybridized carbons (Fsp3) is 0.611. The van der Waals surface area contributed by atoms with E-state index in [-0.39, 0.29) is 23.3 Å².